The molecule has 0 aromatic heterocycles. The van der Waals surface area contributed by atoms with E-state index >= 15 is 0 Å². The van der Waals surface area contributed by atoms with Gasteiger partial charge in [0.05, 0.1) is 0 Å². The molecule has 1 rings (SSSR count). The number of nitrogen functional groups attached to an aromatic ring is 1. The molecule has 0 amide bonds. The van der Waals surface area contributed by atoms with Gasteiger partial charge < -0.3 is 11.1 Å². The molecule has 0 saturated carbocycles. The van der Waals surface area contributed by atoms with E-state index in [2.05, 4.69) is 33.0 Å². The number of nitrogens with two attached hydrogens (primary N) is 1. The Bertz CT molecular complexity index is 419. The molecule has 1 aromatic carbocycles. The van der Waals surface area contributed by atoms with E-state index in [-0.39, 0.29) is 11.2 Å². The Morgan fingerprint density at radius 1 is 1.35 bits per heavy atom. The molecule has 1 aromatic rings. The first-order valence-electron chi connectivity index (χ1n) is 5.89. The fourth-order valence-electron chi connectivity index (χ4n) is 1.44. The highest BCUT2D eigenvalue weighted by molar-refractivity contribution is 5.99. The predicted molar refractivity (Wildman–Crippen MR) is 73.4 cm³/mol. The second kappa shape index (κ2) is 4.78. The molecular formula is C14H22N2O. The van der Waals surface area contributed by atoms with Gasteiger partial charge in [-0.25, -0.2) is 0 Å². The van der Waals surface area contributed by atoms with E-state index in [1.165, 1.54) is 6.92 Å². The first-order valence-corrected chi connectivity index (χ1v) is 5.89. The van der Waals surface area contributed by atoms with Gasteiger partial charge in [0, 0.05) is 23.0 Å². The molecule has 1 atom stereocenters. The third-order valence-corrected chi connectivity index (χ3v) is 3.11. The van der Waals surface area contributed by atoms with Crippen molar-refractivity contribution in [3.05, 3.63) is 23.8 Å². The van der Waals surface area contributed by atoms with Crippen LogP contribution in [0.3, 0.4) is 0 Å². The van der Waals surface area contributed by atoms with E-state index in [4.69, 9.17) is 5.73 Å². The number of carbonyl (C=O) groups is 1. The third-order valence-electron chi connectivity index (χ3n) is 3.11. The second-order valence-electron chi connectivity index (χ2n) is 5.59. The lowest BCUT2D eigenvalue weighted by molar-refractivity contribution is 0.101. The maximum absolute atomic E-state index is 11.3. The lowest BCUT2D eigenvalue weighted by Crippen LogP contribution is -2.30. The van der Waals surface area contributed by atoms with Crippen LogP contribution in [0.2, 0.25) is 0 Å². The molecule has 17 heavy (non-hydrogen) atoms. The van der Waals surface area contributed by atoms with Gasteiger partial charge in [-0.3, -0.25) is 4.79 Å². The van der Waals surface area contributed by atoms with Gasteiger partial charge in [-0.05, 0) is 37.5 Å². The summed E-state index contributed by atoms with van der Waals surface area (Å²) in [6.45, 7) is 10.2. The molecule has 0 aliphatic carbocycles. The van der Waals surface area contributed by atoms with Crippen molar-refractivity contribution in [3.8, 4) is 0 Å². The summed E-state index contributed by atoms with van der Waals surface area (Å²) in [6.07, 6.45) is 0. The van der Waals surface area contributed by atoms with E-state index in [0.717, 1.165) is 5.69 Å². The first kappa shape index (κ1) is 13.6. The number of rotatable bonds is 3. The number of nitrogens with one attached hydrogen (secondary N) is 1. The van der Waals surface area contributed by atoms with Gasteiger partial charge in [0.1, 0.15) is 0 Å². The zero-order valence-electron chi connectivity index (χ0n) is 11.3. The molecule has 0 spiro atoms. The van der Waals surface area contributed by atoms with E-state index in [1.54, 1.807) is 6.07 Å². The Hall–Kier alpha value is -1.51. The van der Waals surface area contributed by atoms with Gasteiger partial charge in [0.25, 0.3) is 0 Å². The summed E-state index contributed by atoms with van der Waals surface area (Å²) in [7, 11) is 0. The zero-order chi connectivity index (χ0) is 13.2. The summed E-state index contributed by atoms with van der Waals surface area (Å²) < 4.78 is 0. The van der Waals surface area contributed by atoms with Crippen molar-refractivity contribution in [2.45, 2.75) is 40.7 Å². The maximum atomic E-state index is 11.3. The molecule has 3 heteroatoms. The number of Topliss-reactive ketones (excluding diaryl/α,β-unsaturated/α-hetero) is 1. The molecular weight excluding hydrogens is 212 g/mol. The van der Waals surface area contributed by atoms with Crippen LogP contribution in [0.1, 0.15) is 45.0 Å². The van der Waals surface area contributed by atoms with Crippen LogP contribution in [0.5, 0.6) is 0 Å². The lowest BCUT2D eigenvalue weighted by atomic mass is 9.88. The SMILES string of the molecule is CC(=O)c1ccc(NC(C)C(C)(C)C)cc1N. The standard InChI is InChI=1S/C14H22N2O/c1-9(17)12-7-6-11(8-13(12)15)16-10(2)14(3,4)5/h6-8,10,16H,15H2,1-5H3. The number of hydrogen-bond acceptors (Lipinski definition) is 3. The van der Waals surface area contributed by atoms with Gasteiger partial charge in [-0.15, -0.1) is 0 Å². The number of hydrogen-bond donors (Lipinski definition) is 2. The predicted octanol–water partition coefficient (Wildman–Crippen LogP) is 3.32. The van der Waals surface area contributed by atoms with Crippen molar-refractivity contribution in [2.24, 2.45) is 5.41 Å². The summed E-state index contributed by atoms with van der Waals surface area (Å²) in [5.74, 6) is -0.00193. The van der Waals surface area contributed by atoms with Gasteiger partial charge in [-0.1, -0.05) is 20.8 Å². The fourth-order valence-corrected chi connectivity index (χ4v) is 1.44. The van der Waals surface area contributed by atoms with E-state index in [0.29, 0.717) is 17.3 Å². The van der Waals surface area contributed by atoms with Crippen LogP contribution in [-0.2, 0) is 0 Å². The molecule has 0 bridgehead atoms. The van der Waals surface area contributed by atoms with Gasteiger partial charge in [0.15, 0.2) is 5.78 Å². The molecule has 0 saturated heterocycles. The van der Waals surface area contributed by atoms with Crippen LogP contribution >= 0.6 is 0 Å². The average molecular weight is 234 g/mol. The molecule has 0 heterocycles. The van der Waals surface area contributed by atoms with Crippen molar-refractivity contribution >= 4 is 17.2 Å². The smallest absolute Gasteiger partial charge is 0.161 e. The number of carbonyl (C=O) groups excluding carboxylic acids is 1. The molecule has 1 unspecified atom stereocenters. The summed E-state index contributed by atoms with van der Waals surface area (Å²) in [5, 5.41) is 3.40. The van der Waals surface area contributed by atoms with E-state index in [9.17, 15) is 4.79 Å². The van der Waals surface area contributed by atoms with Gasteiger partial charge >= 0.3 is 0 Å². The largest absolute Gasteiger partial charge is 0.398 e. The fraction of sp³-hybridized carbons (Fsp3) is 0.500. The quantitative estimate of drug-likeness (QED) is 0.623. The molecule has 3 nitrogen and oxygen atoms in total. The highest BCUT2D eigenvalue weighted by atomic mass is 16.1. The average Bonchev–Trinajstić information content (AvgIpc) is 2.15. The van der Waals surface area contributed by atoms with Crippen LogP contribution in [0.15, 0.2) is 18.2 Å². The van der Waals surface area contributed by atoms with Crippen LogP contribution in [-0.4, -0.2) is 11.8 Å². The molecule has 0 aliphatic heterocycles. The lowest BCUT2D eigenvalue weighted by Gasteiger charge is -2.29. The van der Waals surface area contributed by atoms with Crippen LogP contribution in [0.25, 0.3) is 0 Å². The monoisotopic (exact) mass is 234 g/mol. The Morgan fingerprint density at radius 2 is 1.94 bits per heavy atom. The third kappa shape index (κ3) is 3.48. The Labute approximate surface area is 103 Å². The van der Waals surface area contributed by atoms with Crippen LogP contribution in [0, 0.1) is 5.41 Å². The highest BCUT2D eigenvalue weighted by Gasteiger charge is 2.19. The number of benzene rings is 1. The van der Waals surface area contributed by atoms with Crippen LogP contribution < -0.4 is 11.1 Å². The Balaban J connectivity index is 2.88. The minimum absolute atomic E-state index is 0.00193. The maximum Gasteiger partial charge on any atom is 0.161 e. The van der Waals surface area contributed by atoms with Crippen molar-refractivity contribution in [2.75, 3.05) is 11.1 Å². The minimum Gasteiger partial charge on any atom is -0.398 e. The molecule has 0 aliphatic rings. The second-order valence-corrected chi connectivity index (χ2v) is 5.59. The Kier molecular flexibility index (Phi) is 3.81. The molecule has 3 N–H and O–H groups in total. The van der Waals surface area contributed by atoms with Crippen molar-refractivity contribution in [1.29, 1.82) is 0 Å². The summed E-state index contributed by atoms with van der Waals surface area (Å²) in [5.41, 5.74) is 8.09. The molecule has 0 radical (unpaired) electrons. The van der Waals surface area contributed by atoms with E-state index in [1.807, 2.05) is 12.1 Å². The topological polar surface area (TPSA) is 55.1 Å². The first-order chi connectivity index (χ1) is 7.71. The van der Waals surface area contributed by atoms with Gasteiger partial charge in [0.2, 0.25) is 0 Å². The van der Waals surface area contributed by atoms with Gasteiger partial charge in [-0.2, -0.15) is 0 Å². The zero-order valence-corrected chi connectivity index (χ0v) is 11.3. The summed E-state index contributed by atoms with van der Waals surface area (Å²) in [4.78, 5) is 11.3. The summed E-state index contributed by atoms with van der Waals surface area (Å²) >= 11 is 0. The minimum atomic E-state index is -0.00193. The van der Waals surface area contributed by atoms with Crippen molar-refractivity contribution in [3.63, 3.8) is 0 Å². The van der Waals surface area contributed by atoms with Crippen molar-refractivity contribution < 1.29 is 4.79 Å². The van der Waals surface area contributed by atoms with Crippen LogP contribution in [0.4, 0.5) is 11.4 Å². The number of ketones is 1. The normalized spacial score (nSPS) is 13.2. The molecule has 94 valence electrons. The van der Waals surface area contributed by atoms with E-state index < -0.39 is 0 Å². The number of anilines is 2. The Morgan fingerprint density at radius 3 is 2.35 bits per heavy atom. The summed E-state index contributed by atoms with van der Waals surface area (Å²) in [6, 6.07) is 5.81. The highest BCUT2D eigenvalue weighted by Crippen LogP contribution is 2.25. The van der Waals surface area contributed by atoms with Crippen molar-refractivity contribution in [1.82, 2.24) is 0 Å². The molecule has 0 fully saturated rings.